The zero-order chi connectivity index (χ0) is 14.5. The number of hydrogen-bond acceptors (Lipinski definition) is 3. The van der Waals surface area contributed by atoms with Gasteiger partial charge in [0.1, 0.15) is 12.4 Å². The number of benzene rings is 2. The number of hydrogen-bond donors (Lipinski definition) is 2. The highest BCUT2D eigenvalue weighted by atomic mass is 16.5. The number of nitrogens with two attached hydrogens (primary N) is 1. The Morgan fingerprint density at radius 3 is 2.50 bits per heavy atom. The average Bonchev–Trinajstić information content (AvgIpc) is 2.43. The lowest BCUT2D eigenvalue weighted by Gasteiger charge is -2.09. The van der Waals surface area contributed by atoms with E-state index < -0.39 is 0 Å². The minimum Gasteiger partial charge on any atom is -0.489 e. The number of carbonyl (C=O) groups excluding carboxylic acids is 1. The van der Waals surface area contributed by atoms with E-state index in [1.54, 1.807) is 12.1 Å². The molecule has 20 heavy (non-hydrogen) atoms. The molecular weight excluding hydrogens is 252 g/mol. The summed E-state index contributed by atoms with van der Waals surface area (Å²) < 4.78 is 5.76. The molecule has 0 saturated heterocycles. The summed E-state index contributed by atoms with van der Waals surface area (Å²) in [6.45, 7) is 4.48. The standard InChI is InChI=1S/C16H18N2O2/c1-11-6-12(2)8-15(7-11)20-10-13-4-3-5-14(9-13)16(19)18-17/h3-9H,10,17H2,1-2H3,(H,18,19). The molecule has 0 saturated carbocycles. The Kier molecular flexibility index (Phi) is 4.38. The number of rotatable bonds is 4. The van der Waals surface area contributed by atoms with Gasteiger partial charge in [0.25, 0.3) is 5.91 Å². The Hall–Kier alpha value is -2.33. The normalized spacial score (nSPS) is 10.2. The first kappa shape index (κ1) is 14.1. The van der Waals surface area contributed by atoms with Crippen LogP contribution < -0.4 is 16.0 Å². The molecular formula is C16H18N2O2. The zero-order valence-electron chi connectivity index (χ0n) is 11.6. The predicted molar refractivity (Wildman–Crippen MR) is 78.3 cm³/mol. The molecule has 0 aliphatic heterocycles. The van der Waals surface area contributed by atoms with E-state index in [9.17, 15) is 4.79 Å². The highest BCUT2D eigenvalue weighted by Crippen LogP contribution is 2.18. The smallest absolute Gasteiger partial charge is 0.265 e. The lowest BCUT2D eigenvalue weighted by molar-refractivity contribution is 0.0953. The summed E-state index contributed by atoms with van der Waals surface area (Å²) in [6.07, 6.45) is 0. The Balaban J connectivity index is 2.09. The molecule has 0 aliphatic rings. The molecule has 2 rings (SSSR count). The van der Waals surface area contributed by atoms with Gasteiger partial charge in [-0.25, -0.2) is 5.84 Å². The first-order valence-corrected chi connectivity index (χ1v) is 6.39. The van der Waals surface area contributed by atoms with Gasteiger partial charge in [0.15, 0.2) is 0 Å². The van der Waals surface area contributed by atoms with Crippen LogP contribution in [0.25, 0.3) is 0 Å². The molecule has 0 bridgehead atoms. The van der Waals surface area contributed by atoms with E-state index in [2.05, 4.69) is 11.5 Å². The van der Waals surface area contributed by atoms with Gasteiger partial charge in [0.2, 0.25) is 0 Å². The number of nitrogens with one attached hydrogen (secondary N) is 1. The number of amides is 1. The summed E-state index contributed by atoms with van der Waals surface area (Å²) in [7, 11) is 0. The van der Waals surface area contributed by atoms with E-state index in [4.69, 9.17) is 10.6 Å². The summed E-state index contributed by atoms with van der Waals surface area (Å²) in [5, 5.41) is 0. The van der Waals surface area contributed by atoms with Crippen molar-refractivity contribution in [2.24, 2.45) is 5.84 Å². The Labute approximate surface area is 118 Å². The lowest BCUT2D eigenvalue weighted by atomic mass is 10.1. The fourth-order valence-electron chi connectivity index (χ4n) is 2.07. The van der Waals surface area contributed by atoms with Crippen LogP contribution in [0.1, 0.15) is 27.0 Å². The summed E-state index contributed by atoms with van der Waals surface area (Å²) in [4.78, 5) is 11.5. The average molecular weight is 270 g/mol. The molecule has 0 unspecified atom stereocenters. The number of nitrogen functional groups attached to an aromatic ring is 1. The maximum Gasteiger partial charge on any atom is 0.265 e. The molecule has 1 amide bonds. The van der Waals surface area contributed by atoms with Crippen molar-refractivity contribution in [3.8, 4) is 5.75 Å². The molecule has 0 heterocycles. The predicted octanol–water partition coefficient (Wildman–Crippen LogP) is 2.49. The molecule has 4 nitrogen and oxygen atoms in total. The van der Waals surface area contributed by atoms with Gasteiger partial charge in [0.05, 0.1) is 0 Å². The number of carbonyl (C=O) groups is 1. The van der Waals surface area contributed by atoms with Crippen LogP contribution in [0, 0.1) is 13.8 Å². The Morgan fingerprint density at radius 2 is 1.85 bits per heavy atom. The van der Waals surface area contributed by atoms with Gasteiger partial charge in [-0.3, -0.25) is 10.2 Å². The van der Waals surface area contributed by atoms with Gasteiger partial charge in [-0.1, -0.05) is 18.2 Å². The lowest BCUT2D eigenvalue weighted by Crippen LogP contribution is -2.30. The third-order valence-electron chi connectivity index (χ3n) is 2.92. The monoisotopic (exact) mass is 270 g/mol. The zero-order valence-corrected chi connectivity index (χ0v) is 11.6. The Morgan fingerprint density at radius 1 is 1.15 bits per heavy atom. The van der Waals surface area contributed by atoms with Gasteiger partial charge < -0.3 is 4.74 Å². The van der Waals surface area contributed by atoms with E-state index in [0.29, 0.717) is 12.2 Å². The molecule has 0 aromatic heterocycles. The largest absolute Gasteiger partial charge is 0.489 e. The minimum atomic E-state index is -0.307. The van der Waals surface area contributed by atoms with Crippen molar-refractivity contribution < 1.29 is 9.53 Å². The van der Waals surface area contributed by atoms with Crippen LogP contribution >= 0.6 is 0 Å². The fourth-order valence-corrected chi connectivity index (χ4v) is 2.07. The van der Waals surface area contributed by atoms with Gasteiger partial charge in [-0.15, -0.1) is 0 Å². The van der Waals surface area contributed by atoms with Crippen LogP contribution in [0.5, 0.6) is 5.75 Å². The van der Waals surface area contributed by atoms with E-state index in [-0.39, 0.29) is 5.91 Å². The van der Waals surface area contributed by atoms with Gasteiger partial charge in [-0.2, -0.15) is 0 Å². The van der Waals surface area contributed by atoms with Crippen molar-refractivity contribution in [2.75, 3.05) is 0 Å². The van der Waals surface area contributed by atoms with Crippen LogP contribution in [0.3, 0.4) is 0 Å². The second-order valence-electron chi connectivity index (χ2n) is 4.79. The number of ether oxygens (including phenoxy) is 1. The van der Waals surface area contributed by atoms with Crippen LogP contribution in [-0.4, -0.2) is 5.91 Å². The third-order valence-corrected chi connectivity index (χ3v) is 2.92. The summed E-state index contributed by atoms with van der Waals surface area (Å²) >= 11 is 0. The molecule has 0 atom stereocenters. The van der Waals surface area contributed by atoms with Crippen LogP contribution in [-0.2, 0) is 6.61 Å². The van der Waals surface area contributed by atoms with Crippen molar-refractivity contribution in [1.82, 2.24) is 5.43 Å². The van der Waals surface area contributed by atoms with Crippen molar-refractivity contribution >= 4 is 5.91 Å². The van der Waals surface area contributed by atoms with Gasteiger partial charge in [0, 0.05) is 5.56 Å². The number of hydrazine groups is 1. The molecule has 4 heteroatoms. The SMILES string of the molecule is Cc1cc(C)cc(OCc2cccc(C(=O)NN)c2)c1. The van der Waals surface area contributed by atoms with E-state index >= 15 is 0 Å². The van der Waals surface area contributed by atoms with Crippen molar-refractivity contribution in [2.45, 2.75) is 20.5 Å². The first-order valence-electron chi connectivity index (χ1n) is 6.39. The van der Waals surface area contributed by atoms with Gasteiger partial charge >= 0.3 is 0 Å². The summed E-state index contributed by atoms with van der Waals surface area (Å²) in [5.41, 5.74) is 5.89. The molecule has 0 aliphatic carbocycles. The molecule has 2 aromatic carbocycles. The quantitative estimate of drug-likeness (QED) is 0.509. The highest BCUT2D eigenvalue weighted by Gasteiger charge is 2.04. The van der Waals surface area contributed by atoms with E-state index in [0.717, 1.165) is 22.4 Å². The topological polar surface area (TPSA) is 64.3 Å². The highest BCUT2D eigenvalue weighted by molar-refractivity contribution is 5.93. The first-order chi connectivity index (χ1) is 9.58. The molecule has 2 aromatic rings. The molecule has 104 valence electrons. The maximum atomic E-state index is 11.5. The van der Waals surface area contributed by atoms with Gasteiger partial charge in [-0.05, 0) is 54.8 Å². The van der Waals surface area contributed by atoms with Crippen molar-refractivity contribution in [3.63, 3.8) is 0 Å². The fraction of sp³-hybridized carbons (Fsp3) is 0.188. The third kappa shape index (κ3) is 3.59. The molecule has 0 radical (unpaired) electrons. The van der Waals surface area contributed by atoms with E-state index in [1.165, 1.54) is 0 Å². The van der Waals surface area contributed by atoms with Crippen LogP contribution in [0.4, 0.5) is 0 Å². The molecule has 0 spiro atoms. The molecule has 3 N–H and O–H groups in total. The second kappa shape index (κ2) is 6.21. The van der Waals surface area contributed by atoms with E-state index in [1.807, 2.05) is 38.1 Å². The molecule has 0 fully saturated rings. The summed E-state index contributed by atoms with van der Waals surface area (Å²) in [6, 6.07) is 13.3. The number of aryl methyl sites for hydroxylation is 2. The van der Waals surface area contributed by atoms with Crippen molar-refractivity contribution in [1.29, 1.82) is 0 Å². The maximum absolute atomic E-state index is 11.5. The second-order valence-corrected chi connectivity index (χ2v) is 4.79. The van der Waals surface area contributed by atoms with Crippen molar-refractivity contribution in [3.05, 3.63) is 64.7 Å². The minimum absolute atomic E-state index is 0.307. The van der Waals surface area contributed by atoms with Crippen LogP contribution in [0.15, 0.2) is 42.5 Å². The summed E-state index contributed by atoms with van der Waals surface area (Å²) in [5.74, 6) is 5.64. The van der Waals surface area contributed by atoms with Crippen LogP contribution in [0.2, 0.25) is 0 Å². The Bertz CT molecular complexity index is 603.